The van der Waals surface area contributed by atoms with Gasteiger partial charge in [-0.2, -0.15) is 0 Å². The van der Waals surface area contributed by atoms with E-state index in [1.54, 1.807) is 0 Å². The van der Waals surface area contributed by atoms with Gasteiger partial charge in [0.15, 0.2) is 0 Å². The third-order valence-electron chi connectivity index (χ3n) is 3.46. The van der Waals surface area contributed by atoms with Crippen LogP contribution in [0.25, 0.3) is 0 Å². The number of carboxylic acids is 2. The molecule has 6 nitrogen and oxygen atoms in total. The molecule has 0 aliphatic heterocycles. The molecule has 2 N–H and O–H groups in total. The monoisotopic (exact) mass is 334 g/mol. The van der Waals surface area contributed by atoms with E-state index in [0.29, 0.717) is 0 Å². The average Bonchev–Trinajstić information content (AvgIpc) is 2.51. The zero-order valence-electron chi connectivity index (χ0n) is 16.0. The minimum Gasteiger partial charge on any atom is -0.481 e. The summed E-state index contributed by atoms with van der Waals surface area (Å²) in [5.41, 5.74) is 0. The highest BCUT2D eigenvalue weighted by Crippen LogP contribution is 1.93. The number of hydrogen-bond acceptors (Lipinski definition) is 4. The molecule has 0 amide bonds. The van der Waals surface area contributed by atoms with Crippen molar-refractivity contribution in [2.24, 2.45) is 0 Å². The summed E-state index contributed by atoms with van der Waals surface area (Å²) in [6.07, 6.45) is 0.0866. The van der Waals surface area contributed by atoms with Crippen molar-refractivity contribution in [3.63, 3.8) is 0 Å². The van der Waals surface area contributed by atoms with Gasteiger partial charge in [-0.05, 0) is 45.7 Å². The fraction of sp³-hybridized carbons (Fsp3) is 0.882. The van der Waals surface area contributed by atoms with E-state index in [2.05, 4.69) is 51.3 Å². The highest BCUT2D eigenvalue weighted by atomic mass is 16.4. The van der Waals surface area contributed by atoms with Crippen LogP contribution < -0.4 is 0 Å². The van der Waals surface area contributed by atoms with Crippen molar-refractivity contribution in [3.8, 4) is 0 Å². The van der Waals surface area contributed by atoms with Gasteiger partial charge in [0, 0.05) is 12.8 Å². The summed E-state index contributed by atoms with van der Waals surface area (Å²) < 4.78 is 0. The molecule has 0 saturated heterocycles. The van der Waals surface area contributed by atoms with Gasteiger partial charge in [-0.3, -0.25) is 9.59 Å². The second-order valence-electron chi connectivity index (χ2n) is 4.88. The maximum atomic E-state index is 9.79. The Morgan fingerprint density at radius 1 is 0.609 bits per heavy atom. The fourth-order valence-corrected chi connectivity index (χ4v) is 1.73. The van der Waals surface area contributed by atoms with Crippen LogP contribution in [0.3, 0.4) is 0 Å². The summed E-state index contributed by atoms with van der Waals surface area (Å²) in [7, 11) is 0. The van der Waals surface area contributed by atoms with Gasteiger partial charge in [0.2, 0.25) is 0 Å². The Morgan fingerprint density at radius 3 is 0.913 bits per heavy atom. The Balaban J connectivity index is -0.000000264. The molecule has 6 heteroatoms. The first-order valence-electron chi connectivity index (χ1n) is 8.70. The van der Waals surface area contributed by atoms with E-state index in [1.807, 2.05) is 0 Å². The summed E-state index contributed by atoms with van der Waals surface area (Å²) in [6.45, 7) is 20.2. The maximum Gasteiger partial charge on any atom is 0.303 e. The standard InChI is InChI=1S/2C6H15N.C5H8O4/c2*1-4-7(5-2)6-3;6-4(7)2-1-3-5(8)9/h2*4-6H2,1-3H3;1-3H2,(H,6,7)(H,8,9). The van der Waals surface area contributed by atoms with E-state index >= 15 is 0 Å². The Morgan fingerprint density at radius 2 is 0.826 bits per heavy atom. The third-order valence-corrected chi connectivity index (χ3v) is 3.46. The predicted octanol–water partition coefficient (Wildman–Crippen LogP) is 3.02. The molecule has 0 atom stereocenters. The molecule has 0 heterocycles. The number of carbonyl (C=O) groups is 2. The number of hydrogen-bond donors (Lipinski definition) is 2. The molecule has 0 aliphatic carbocycles. The van der Waals surface area contributed by atoms with E-state index in [0.717, 1.165) is 0 Å². The van der Waals surface area contributed by atoms with E-state index in [4.69, 9.17) is 10.2 Å². The van der Waals surface area contributed by atoms with Gasteiger partial charge in [-0.1, -0.05) is 41.5 Å². The first kappa shape index (κ1) is 26.7. The second kappa shape index (κ2) is 20.9. The smallest absolute Gasteiger partial charge is 0.303 e. The third kappa shape index (κ3) is 26.1. The normalized spacial score (nSPS) is 9.74. The van der Waals surface area contributed by atoms with Crippen molar-refractivity contribution in [2.45, 2.75) is 60.8 Å². The van der Waals surface area contributed by atoms with Gasteiger partial charge in [0.1, 0.15) is 0 Å². The SMILES string of the molecule is CCN(CC)CC.CCN(CC)CC.O=C(O)CCCC(=O)O. The Hall–Kier alpha value is -1.14. The average molecular weight is 335 g/mol. The number of rotatable bonds is 10. The van der Waals surface area contributed by atoms with Crippen LogP contribution in [0, 0.1) is 0 Å². The lowest BCUT2D eigenvalue weighted by Gasteiger charge is -2.13. The molecule has 0 radical (unpaired) electrons. The van der Waals surface area contributed by atoms with Gasteiger partial charge in [-0.15, -0.1) is 0 Å². The Bertz CT molecular complexity index is 228. The molecule has 0 rings (SSSR count). The zero-order chi connectivity index (χ0) is 18.7. The van der Waals surface area contributed by atoms with Crippen LogP contribution in [0.5, 0.6) is 0 Å². The predicted molar refractivity (Wildman–Crippen MR) is 96.0 cm³/mol. The molecule has 0 spiro atoms. The number of nitrogens with zero attached hydrogens (tertiary/aromatic N) is 2. The van der Waals surface area contributed by atoms with Gasteiger partial charge in [0.25, 0.3) is 0 Å². The van der Waals surface area contributed by atoms with Crippen molar-refractivity contribution in [1.29, 1.82) is 0 Å². The first-order valence-corrected chi connectivity index (χ1v) is 8.70. The molecular weight excluding hydrogens is 296 g/mol. The highest BCUT2D eigenvalue weighted by molar-refractivity contribution is 5.69. The van der Waals surface area contributed by atoms with Crippen LogP contribution in [0.15, 0.2) is 0 Å². The minimum absolute atomic E-state index is 0.0632. The lowest BCUT2D eigenvalue weighted by atomic mass is 10.2. The molecular formula is C17H38N2O4. The largest absolute Gasteiger partial charge is 0.481 e. The van der Waals surface area contributed by atoms with Crippen LogP contribution in [-0.4, -0.2) is 71.2 Å². The zero-order valence-corrected chi connectivity index (χ0v) is 16.0. The molecule has 0 aromatic carbocycles. The molecule has 140 valence electrons. The first-order chi connectivity index (χ1) is 10.8. The van der Waals surface area contributed by atoms with Crippen molar-refractivity contribution in [2.75, 3.05) is 39.3 Å². The quantitative estimate of drug-likeness (QED) is 0.639. The van der Waals surface area contributed by atoms with E-state index < -0.39 is 11.9 Å². The van der Waals surface area contributed by atoms with E-state index in [1.165, 1.54) is 39.3 Å². The lowest BCUT2D eigenvalue weighted by molar-refractivity contribution is -0.138. The topological polar surface area (TPSA) is 81.1 Å². The summed E-state index contributed by atoms with van der Waals surface area (Å²) in [4.78, 5) is 24.3. The second-order valence-corrected chi connectivity index (χ2v) is 4.88. The van der Waals surface area contributed by atoms with Crippen LogP contribution in [0.4, 0.5) is 0 Å². The van der Waals surface area contributed by atoms with E-state index in [-0.39, 0.29) is 19.3 Å². The van der Waals surface area contributed by atoms with Gasteiger partial charge < -0.3 is 20.0 Å². The lowest BCUT2D eigenvalue weighted by Crippen LogP contribution is -2.21. The van der Waals surface area contributed by atoms with Crippen molar-refractivity contribution in [3.05, 3.63) is 0 Å². The summed E-state index contributed by atoms with van der Waals surface area (Å²) in [6, 6.07) is 0. The summed E-state index contributed by atoms with van der Waals surface area (Å²) in [5.74, 6) is -1.90. The van der Waals surface area contributed by atoms with Gasteiger partial charge in [-0.25, -0.2) is 0 Å². The number of aliphatic carboxylic acids is 2. The van der Waals surface area contributed by atoms with Gasteiger partial charge >= 0.3 is 11.9 Å². The van der Waals surface area contributed by atoms with Crippen LogP contribution in [-0.2, 0) is 9.59 Å². The molecule has 0 bridgehead atoms. The number of carboxylic acid groups (broad SMARTS) is 2. The van der Waals surface area contributed by atoms with Crippen LogP contribution in [0.2, 0.25) is 0 Å². The molecule has 0 fully saturated rings. The summed E-state index contributed by atoms with van der Waals surface area (Å²) >= 11 is 0. The van der Waals surface area contributed by atoms with Crippen molar-refractivity contribution < 1.29 is 19.8 Å². The Kier molecular flexibility index (Phi) is 24.3. The van der Waals surface area contributed by atoms with E-state index in [9.17, 15) is 9.59 Å². The van der Waals surface area contributed by atoms with Crippen LogP contribution >= 0.6 is 0 Å². The molecule has 0 unspecified atom stereocenters. The Labute approximate surface area is 142 Å². The van der Waals surface area contributed by atoms with Crippen molar-refractivity contribution >= 4 is 11.9 Å². The molecule has 23 heavy (non-hydrogen) atoms. The summed E-state index contributed by atoms with van der Waals surface area (Å²) in [5, 5.41) is 16.1. The van der Waals surface area contributed by atoms with Crippen molar-refractivity contribution in [1.82, 2.24) is 9.80 Å². The molecule has 0 aromatic heterocycles. The maximum absolute atomic E-state index is 9.79. The minimum atomic E-state index is -0.948. The van der Waals surface area contributed by atoms with Gasteiger partial charge in [0.05, 0.1) is 0 Å². The highest BCUT2D eigenvalue weighted by Gasteiger charge is 1.99. The fourth-order valence-electron chi connectivity index (χ4n) is 1.73. The van der Waals surface area contributed by atoms with Crippen LogP contribution in [0.1, 0.15) is 60.8 Å². The molecule has 0 aromatic rings. The molecule has 0 saturated carbocycles. The molecule has 0 aliphatic rings.